The third-order valence-electron chi connectivity index (χ3n) is 3.88. The lowest BCUT2D eigenvalue weighted by Gasteiger charge is -2.13. The summed E-state index contributed by atoms with van der Waals surface area (Å²) < 4.78 is 15.4. The minimum absolute atomic E-state index is 0.0799. The first-order valence-corrected chi connectivity index (χ1v) is 9.50. The summed E-state index contributed by atoms with van der Waals surface area (Å²) in [5.74, 6) is -1.09. The van der Waals surface area contributed by atoms with Crippen LogP contribution in [0.1, 0.15) is 12.5 Å². The van der Waals surface area contributed by atoms with E-state index in [9.17, 15) is 25.0 Å². The molecule has 2 aromatic rings. The lowest BCUT2D eigenvalue weighted by Crippen LogP contribution is -2.15. The van der Waals surface area contributed by atoms with Crippen molar-refractivity contribution < 1.29 is 28.7 Å². The van der Waals surface area contributed by atoms with Gasteiger partial charge in [-0.05, 0) is 36.8 Å². The van der Waals surface area contributed by atoms with Crippen LogP contribution >= 0.6 is 11.6 Å². The fourth-order valence-electron chi connectivity index (χ4n) is 2.51. The zero-order valence-corrected chi connectivity index (χ0v) is 17.8. The van der Waals surface area contributed by atoms with Crippen LogP contribution in [-0.2, 0) is 14.3 Å². The van der Waals surface area contributed by atoms with Gasteiger partial charge in [0.05, 0.1) is 23.7 Å². The number of hydrogen-bond acceptors (Lipinski definition) is 8. The maximum atomic E-state index is 12.5. The van der Waals surface area contributed by atoms with Gasteiger partial charge in [-0.3, -0.25) is 14.9 Å². The molecule has 0 bridgehead atoms. The predicted octanol–water partition coefficient (Wildman–Crippen LogP) is 3.74. The number of nitro benzene ring substituents is 1. The van der Waals surface area contributed by atoms with Crippen molar-refractivity contribution in [2.24, 2.45) is 0 Å². The Morgan fingerprint density at radius 1 is 1.31 bits per heavy atom. The molecule has 2 rings (SSSR count). The largest absolute Gasteiger partial charge is 0.493 e. The van der Waals surface area contributed by atoms with E-state index in [1.54, 1.807) is 13.0 Å². The lowest BCUT2D eigenvalue weighted by atomic mass is 10.1. The van der Waals surface area contributed by atoms with Crippen LogP contribution in [0.5, 0.6) is 11.5 Å². The minimum atomic E-state index is -0.772. The Kier molecular flexibility index (Phi) is 8.56. The number of halogens is 1. The molecule has 11 heteroatoms. The molecule has 1 amide bonds. The number of esters is 1. The first-order chi connectivity index (χ1) is 15.3. The van der Waals surface area contributed by atoms with E-state index in [2.05, 4.69) is 5.32 Å². The molecule has 0 saturated carbocycles. The highest BCUT2D eigenvalue weighted by Crippen LogP contribution is 2.37. The number of nitrogens with one attached hydrogen (secondary N) is 1. The highest BCUT2D eigenvalue weighted by atomic mass is 35.5. The van der Waals surface area contributed by atoms with E-state index >= 15 is 0 Å². The second-order valence-electron chi connectivity index (χ2n) is 6.06. The normalized spacial score (nSPS) is 10.6. The van der Waals surface area contributed by atoms with Gasteiger partial charge in [0, 0.05) is 17.8 Å². The molecule has 10 nitrogen and oxygen atoms in total. The summed E-state index contributed by atoms with van der Waals surface area (Å²) in [5, 5.41) is 22.8. The van der Waals surface area contributed by atoms with Gasteiger partial charge in [0.1, 0.15) is 11.6 Å². The van der Waals surface area contributed by atoms with Crippen LogP contribution < -0.4 is 14.8 Å². The van der Waals surface area contributed by atoms with Crippen LogP contribution in [0.25, 0.3) is 6.08 Å². The number of nitrogens with zero attached hydrogens (tertiary/aromatic N) is 2. The second kappa shape index (κ2) is 11.3. The summed E-state index contributed by atoms with van der Waals surface area (Å²) in [4.78, 5) is 34.2. The molecule has 0 fully saturated rings. The number of amides is 1. The Balaban J connectivity index is 2.26. The number of ether oxygens (including phenoxy) is 3. The van der Waals surface area contributed by atoms with Gasteiger partial charge < -0.3 is 19.5 Å². The van der Waals surface area contributed by atoms with E-state index in [4.69, 9.17) is 25.8 Å². The van der Waals surface area contributed by atoms with Crippen molar-refractivity contribution in [2.75, 3.05) is 25.6 Å². The molecule has 2 aromatic carbocycles. The fourth-order valence-corrected chi connectivity index (χ4v) is 2.78. The van der Waals surface area contributed by atoms with Crippen LogP contribution in [0.4, 0.5) is 11.4 Å². The van der Waals surface area contributed by atoms with E-state index < -0.39 is 16.8 Å². The van der Waals surface area contributed by atoms with Gasteiger partial charge in [0.15, 0.2) is 18.1 Å². The van der Waals surface area contributed by atoms with Gasteiger partial charge in [-0.2, -0.15) is 5.26 Å². The van der Waals surface area contributed by atoms with Crippen LogP contribution in [-0.4, -0.2) is 37.1 Å². The van der Waals surface area contributed by atoms with E-state index in [0.29, 0.717) is 5.56 Å². The third kappa shape index (κ3) is 6.45. The first-order valence-electron chi connectivity index (χ1n) is 9.12. The SMILES string of the molecule is CCOC(=O)COc1c(Cl)cc(/C=C(\C#N)C(=O)Nc2cccc([N+](=O)[O-])c2)cc1OC. The van der Waals surface area contributed by atoms with Gasteiger partial charge in [0.25, 0.3) is 11.6 Å². The molecule has 0 saturated heterocycles. The van der Waals surface area contributed by atoms with Crippen LogP contribution in [0.3, 0.4) is 0 Å². The molecule has 0 atom stereocenters. The molecular weight excluding hydrogens is 442 g/mol. The summed E-state index contributed by atoms with van der Waals surface area (Å²) in [6.45, 7) is 1.48. The van der Waals surface area contributed by atoms with E-state index in [-0.39, 0.29) is 46.7 Å². The Morgan fingerprint density at radius 2 is 2.06 bits per heavy atom. The Hall–Kier alpha value is -4.10. The van der Waals surface area contributed by atoms with Crippen molar-refractivity contribution in [3.05, 3.63) is 62.7 Å². The monoisotopic (exact) mass is 459 g/mol. The average Bonchev–Trinajstić information content (AvgIpc) is 2.76. The van der Waals surface area contributed by atoms with Gasteiger partial charge in [-0.1, -0.05) is 17.7 Å². The maximum Gasteiger partial charge on any atom is 0.344 e. The molecule has 0 heterocycles. The van der Waals surface area contributed by atoms with Crippen LogP contribution in [0.2, 0.25) is 5.02 Å². The Bertz CT molecular complexity index is 1110. The molecule has 0 radical (unpaired) electrons. The number of non-ortho nitro benzene ring substituents is 1. The molecule has 0 aliphatic carbocycles. The van der Waals surface area contributed by atoms with Crippen molar-refractivity contribution in [1.29, 1.82) is 5.26 Å². The molecule has 166 valence electrons. The molecule has 1 N–H and O–H groups in total. The number of carbonyl (C=O) groups is 2. The number of rotatable bonds is 9. The standard InChI is InChI=1S/C21H18ClN3O7/c1-3-31-19(26)12-32-20-17(22)8-13(9-18(20)30-2)7-14(11-23)21(27)24-15-5-4-6-16(10-15)25(28)29/h4-10H,3,12H2,1-2H3,(H,24,27)/b14-7+. The predicted molar refractivity (Wildman–Crippen MR) is 115 cm³/mol. The van der Waals surface area contributed by atoms with Gasteiger partial charge in [-0.15, -0.1) is 0 Å². The number of nitriles is 1. The summed E-state index contributed by atoms with van der Waals surface area (Å²) in [5.41, 5.74) is 0.0137. The van der Waals surface area contributed by atoms with Crippen LogP contribution in [0.15, 0.2) is 42.0 Å². The molecule has 0 aliphatic rings. The van der Waals surface area contributed by atoms with Crippen molar-refractivity contribution in [1.82, 2.24) is 0 Å². The number of carbonyl (C=O) groups excluding carboxylic acids is 2. The quantitative estimate of drug-likeness (QED) is 0.196. The zero-order valence-electron chi connectivity index (χ0n) is 17.1. The van der Waals surface area contributed by atoms with E-state index in [1.807, 2.05) is 0 Å². The number of hydrogen-bond donors (Lipinski definition) is 1. The van der Waals surface area contributed by atoms with E-state index in [0.717, 1.165) is 0 Å². The highest BCUT2D eigenvalue weighted by Gasteiger charge is 2.16. The molecule has 32 heavy (non-hydrogen) atoms. The summed E-state index contributed by atoms with van der Waals surface area (Å²) in [6.07, 6.45) is 1.26. The molecule has 0 unspecified atom stereocenters. The Morgan fingerprint density at radius 3 is 2.69 bits per heavy atom. The summed E-state index contributed by atoms with van der Waals surface area (Å²) in [7, 11) is 1.36. The van der Waals surface area contributed by atoms with Gasteiger partial charge in [0.2, 0.25) is 0 Å². The van der Waals surface area contributed by atoms with Crippen molar-refractivity contribution in [3.63, 3.8) is 0 Å². The number of benzene rings is 2. The van der Waals surface area contributed by atoms with Crippen molar-refractivity contribution in [2.45, 2.75) is 6.92 Å². The zero-order chi connectivity index (χ0) is 23.7. The highest BCUT2D eigenvalue weighted by molar-refractivity contribution is 6.32. The first kappa shape index (κ1) is 24.2. The Labute approximate surface area is 188 Å². The molecule has 0 aromatic heterocycles. The van der Waals surface area contributed by atoms with E-state index in [1.165, 1.54) is 49.6 Å². The number of nitro groups is 1. The van der Waals surface area contributed by atoms with Crippen molar-refractivity contribution in [3.8, 4) is 17.6 Å². The summed E-state index contributed by atoms with van der Waals surface area (Å²) in [6, 6.07) is 9.96. The minimum Gasteiger partial charge on any atom is -0.493 e. The topological polar surface area (TPSA) is 141 Å². The van der Waals surface area contributed by atoms with Gasteiger partial charge in [-0.25, -0.2) is 4.79 Å². The lowest BCUT2D eigenvalue weighted by molar-refractivity contribution is -0.384. The molecule has 0 aliphatic heterocycles. The number of anilines is 1. The molecule has 0 spiro atoms. The third-order valence-corrected chi connectivity index (χ3v) is 4.16. The number of methoxy groups -OCH3 is 1. The molecular formula is C21H18ClN3O7. The van der Waals surface area contributed by atoms with Gasteiger partial charge >= 0.3 is 5.97 Å². The maximum absolute atomic E-state index is 12.5. The fraction of sp³-hybridized carbons (Fsp3) is 0.190. The van der Waals surface area contributed by atoms with Crippen LogP contribution in [0, 0.1) is 21.4 Å². The summed E-state index contributed by atoms with van der Waals surface area (Å²) >= 11 is 6.22. The smallest absolute Gasteiger partial charge is 0.344 e. The van der Waals surface area contributed by atoms with Crippen molar-refractivity contribution >= 4 is 40.9 Å². The average molecular weight is 460 g/mol. The second-order valence-corrected chi connectivity index (χ2v) is 6.47.